The molecule has 0 spiro atoms. The molecule has 9 nitrogen and oxygen atoms in total. The fourth-order valence-corrected chi connectivity index (χ4v) is 4.33. The molecule has 0 unspecified atom stereocenters. The minimum absolute atomic E-state index is 0.0147. The van der Waals surface area contributed by atoms with Gasteiger partial charge in [-0.2, -0.15) is 0 Å². The highest BCUT2D eigenvalue weighted by Crippen LogP contribution is 2.35. The minimum atomic E-state index is -1.16. The van der Waals surface area contributed by atoms with E-state index in [1.165, 1.54) is 24.3 Å². The Bertz CT molecular complexity index is 1410. The molecule has 0 aromatic heterocycles. The van der Waals surface area contributed by atoms with Gasteiger partial charge >= 0.3 is 5.97 Å². The second kappa shape index (κ2) is 9.14. The Balaban J connectivity index is 1.60. The smallest absolute Gasteiger partial charge is 0.345 e. The number of amides is 1. The molecule has 0 bridgehead atoms. The van der Waals surface area contributed by atoms with Gasteiger partial charge in [0.1, 0.15) is 11.1 Å². The standard InChI is InChI=1S/C24H15IN2O7/c1-12-10-13(25)6-9-18(12)26-19(28)11-34-24(31)17-8-7-16-20(21(17)27(32)33)23(30)15-5-3-2-4-14(15)22(16)29/h2-10H,11H2,1H3,(H,26,28). The molecule has 0 aliphatic heterocycles. The molecule has 3 aromatic rings. The molecule has 0 heterocycles. The molecule has 3 aromatic carbocycles. The predicted octanol–water partition coefficient (Wildman–Crippen LogP) is 4.08. The maximum absolute atomic E-state index is 13.0. The number of hydrogen-bond acceptors (Lipinski definition) is 7. The van der Waals surface area contributed by atoms with Gasteiger partial charge in [0, 0.05) is 25.9 Å². The summed E-state index contributed by atoms with van der Waals surface area (Å²) in [5, 5.41) is 14.5. The molecule has 1 aliphatic carbocycles. The Hall–Kier alpha value is -3.93. The van der Waals surface area contributed by atoms with E-state index in [-0.39, 0.29) is 16.7 Å². The lowest BCUT2D eigenvalue weighted by Gasteiger charge is -2.18. The number of hydrogen-bond donors (Lipinski definition) is 1. The number of fused-ring (bicyclic) bond motifs is 2. The topological polar surface area (TPSA) is 133 Å². The van der Waals surface area contributed by atoms with E-state index in [1.807, 2.05) is 6.07 Å². The van der Waals surface area contributed by atoms with Crippen molar-refractivity contribution >= 4 is 57.4 Å². The lowest BCUT2D eigenvalue weighted by atomic mass is 9.82. The molecule has 170 valence electrons. The summed E-state index contributed by atoms with van der Waals surface area (Å²) < 4.78 is 5.97. The highest BCUT2D eigenvalue weighted by atomic mass is 127. The summed E-state index contributed by atoms with van der Waals surface area (Å²) in [6.45, 7) is 1.10. The largest absolute Gasteiger partial charge is 0.452 e. The molecular formula is C24H15IN2O7. The predicted molar refractivity (Wildman–Crippen MR) is 129 cm³/mol. The second-order valence-corrected chi connectivity index (χ2v) is 8.67. The van der Waals surface area contributed by atoms with Gasteiger partial charge in [0.05, 0.1) is 4.92 Å². The fourth-order valence-electron chi connectivity index (χ4n) is 3.69. The maximum atomic E-state index is 13.0. The number of esters is 1. The van der Waals surface area contributed by atoms with E-state index >= 15 is 0 Å². The van der Waals surface area contributed by atoms with Crippen molar-refractivity contribution in [1.82, 2.24) is 0 Å². The summed E-state index contributed by atoms with van der Waals surface area (Å²) in [7, 11) is 0. The van der Waals surface area contributed by atoms with Gasteiger partial charge in [-0.25, -0.2) is 4.79 Å². The van der Waals surface area contributed by atoms with E-state index in [0.717, 1.165) is 15.2 Å². The first kappa shape index (κ1) is 23.2. The van der Waals surface area contributed by atoms with Gasteiger partial charge in [0.15, 0.2) is 12.4 Å². The summed E-state index contributed by atoms with van der Waals surface area (Å²) >= 11 is 2.13. The Kier molecular flexibility index (Phi) is 6.24. The highest BCUT2D eigenvalue weighted by molar-refractivity contribution is 14.1. The molecule has 0 fully saturated rings. The van der Waals surface area contributed by atoms with E-state index in [2.05, 4.69) is 27.9 Å². The molecule has 1 N–H and O–H groups in total. The maximum Gasteiger partial charge on any atom is 0.345 e. The van der Waals surface area contributed by atoms with Crippen molar-refractivity contribution in [2.45, 2.75) is 6.92 Å². The molecule has 0 radical (unpaired) electrons. The van der Waals surface area contributed by atoms with Crippen molar-refractivity contribution < 1.29 is 28.8 Å². The minimum Gasteiger partial charge on any atom is -0.452 e. The monoisotopic (exact) mass is 570 g/mol. The van der Waals surface area contributed by atoms with Gasteiger partial charge in [0.2, 0.25) is 5.78 Å². The fraction of sp³-hybridized carbons (Fsp3) is 0.0833. The van der Waals surface area contributed by atoms with Gasteiger partial charge in [-0.05, 0) is 65.4 Å². The summed E-state index contributed by atoms with van der Waals surface area (Å²) in [6.07, 6.45) is 0. The van der Waals surface area contributed by atoms with Crippen LogP contribution in [0.3, 0.4) is 0 Å². The van der Waals surface area contributed by atoms with Crippen LogP contribution in [0.5, 0.6) is 0 Å². The molecular weight excluding hydrogens is 555 g/mol. The molecule has 10 heteroatoms. The third-order valence-electron chi connectivity index (χ3n) is 5.27. The normalized spacial score (nSPS) is 11.9. The van der Waals surface area contributed by atoms with Crippen LogP contribution in [0.15, 0.2) is 54.6 Å². The van der Waals surface area contributed by atoms with Crippen molar-refractivity contribution in [3.05, 3.63) is 102 Å². The van der Waals surface area contributed by atoms with Crippen LogP contribution in [0.1, 0.15) is 47.8 Å². The number of rotatable bonds is 5. The first-order valence-corrected chi connectivity index (χ1v) is 11.0. The van der Waals surface area contributed by atoms with Crippen molar-refractivity contribution in [3.63, 3.8) is 0 Å². The van der Waals surface area contributed by atoms with Crippen LogP contribution in [0, 0.1) is 20.6 Å². The molecule has 4 rings (SSSR count). The molecule has 1 aliphatic rings. The van der Waals surface area contributed by atoms with Crippen LogP contribution in [-0.2, 0) is 9.53 Å². The zero-order valence-corrected chi connectivity index (χ0v) is 19.7. The zero-order chi connectivity index (χ0) is 24.6. The molecule has 0 atom stereocenters. The van der Waals surface area contributed by atoms with E-state index in [1.54, 1.807) is 25.1 Å². The van der Waals surface area contributed by atoms with Crippen molar-refractivity contribution in [2.75, 3.05) is 11.9 Å². The summed E-state index contributed by atoms with van der Waals surface area (Å²) in [5.41, 5.74) is -0.509. The SMILES string of the molecule is Cc1cc(I)ccc1NC(=O)COC(=O)c1ccc2c(c1[N+](=O)[O-])C(=O)c1ccccc1C2=O. The van der Waals surface area contributed by atoms with Gasteiger partial charge in [0.25, 0.3) is 11.6 Å². The van der Waals surface area contributed by atoms with E-state index in [0.29, 0.717) is 5.69 Å². The van der Waals surface area contributed by atoms with Crippen LogP contribution in [0.4, 0.5) is 11.4 Å². The number of nitro groups is 1. The lowest BCUT2D eigenvalue weighted by molar-refractivity contribution is -0.385. The number of anilines is 1. The molecule has 0 saturated heterocycles. The average molecular weight is 570 g/mol. The number of aryl methyl sites for hydroxylation is 1. The number of ketones is 2. The highest BCUT2D eigenvalue weighted by Gasteiger charge is 2.39. The Morgan fingerprint density at radius 3 is 2.32 bits per heavy atom. The van der Waals surface area contributed by atoms with Crippen molar-refractivity contribution in [3.8, 4) is 0 Å². The third-order valence-corrected chi connectivity index (χ3v) is 5.94. The molecule has 0 saturated carbocycles. The van der Waals surface area contributed by atoms with Crippen molar-refractivity contribution in [2.24, 2.45) is 0 Å². The second-order valence-electron chi connectivity index (χ2n) is 7.43. The number of ether oxygens (including phenoxy) is 1. The first-order chi connectivity index (χ1) is 16.2. The lowest BCUT2D eigenvalue weighted by Crippen LogP contribution is -2.25. The Morgan fingerprint density at radius 1 is 1.00 bits per heavy atom. The van der Waals surface area contributed by atoms with Gasteiger partial charge in [-0.3, -0.25) is 24.5 Å². The molecule has 34 heavy (non-hydrogen) atoms. The number of carbonyl (C=O) groups is 4. The number of carbonyl (C=O) groups excluding carboxylic acids is 4. The molecule has 1 amide bonds. The van der Waals surface area contributed by atoms with Crippen LogP contribution >= 0.6 is 22.6 Å². The summed E-state index contributed by atoms with van der Waals surface area (Å²) in [5.74, 6) is -3.10. The van der Waals surface area contributed by atoms with Crippen molar-refractivity contribution in [1.29, 1.82) is 0 Å². The third kappa shape index (κ3) is 4.19. The number of nitrogens with one attached hydrogen (secondary N) is 1. The van der Waals surface area contributed by atoms with Crippen LogP contribution in [0.25, 0.3) is 0 Å². The van der Waals surface area contributed by atoms with Gasteiger partial charge in [-0.1, -0.05) is 24.3 Å². The zero-order valence-electron chi connectivity index (χ0n) is 17.6. The van der Waals surface area contributed by atoms with E-state index in [4.69, 9.17) is 4.74 Å². The number of nitro benzene ring substituents is 1. The summed E-state index contributed by atoms with van der Waals surface area (Å²) in [6, 6.07) is 13.6. The number of halogens is 1. The Labute approximate surface area is 206 Å². The first-order valence-electron chi connectivity index (χ1n) is 9.92. The van der Waals surface area contributed by atoms with Gasteiger partial charge in [-0.15, -0.1) is 0 Å². The van der Waals surface area contributed by atoms with Crippen LogP contribution in [0.2, 0.25) is 0 Å². The quantitative estimate of drug-likeness (QED) is 0.166. The summed E-state index contributed by atoms with van der Waals surface area (Å²) in [4.78, 5) is 61.7. The van der Waals surface area contributed by atoms with Crippen LogP contribution in [-0.4, -0.2) is 35.0 Å². The van der Waals surface area contributed by atoms with E-state index < -0.39 is 51.8 Å². The van der Waals surface area contributed by atoms with Gasteiger partial charge < -0.3 is 10.1 Å². The number of nitrogens with zero attached hydrogens (tertiary/aromatic N) is 1. The van der Waals surface area contributed by atoms with E-state index in [9.17, 15) is 29.3 Å². The average Bonchev–Trinajstić information content (AvgIpc) is 2.81. The van der Waals surface area contributed by atoms with Crippen LogP contribution < -0.4 is 5.32 Å². The Morgan fingerprint density at radius 2 is 1.68 bits per heavy atom. The number of benzene rings is 3.